The summed E-state index contributed by atoms with van der Waals surface area (Å²) >= 11 is 0. The quantitative estimate of drug-likeness (QED) is 0.857. The lowest BCUT2D eigenvalue weighted by molar-refractivity contribution is -0.120. The lowest BCUT2D eigenvalue weighted by atomic mass is 10.2. The summed E-state index contributed by atoms with van der Waals surface area (Å²) in [7, 11) is 1.62. The van der Waals surface area contributed by atoms with Crippen molar-refractivity contribution in [1.82, 2.24) is 20.4 Å². The van der Waals surface area contributed by atoms with Gasteiger partial charge in [0.25, 0.3) is 0 Å². The smallest absolute Gasteiger partial charge is 0.226 e. The average molecular weight is 246 g/mol. The van der Waals surface area contributed by atoms with E-state index in [9.17, 15) is 4.79 Å². The Hall–Kier alpha value is -2.24. The van der Waals surface area contributed by atoms with Crippen molar-refractivity contribution in [1.29, 1.82) is 0 Å². The van der Waals surface area contributed by atoms with Crippen molar-refractivity contribution in [3.63, 3.8) is 0 Å². The summed E-state index contributed by atoms with van der Waals surface area (Å²) in [5, 5.41) is 6.46. The van der Waals surface area contributed by atoms with E-state index >= 15 is 0 Å². The fourth-order valence-electron chi connectivity index (χ4n) is 1.50. The van der Waals surface area contributed by atoms with Gasteiger partial charge in [0, 0.05) is 37.8 Å². The number of rotatable bonds is 5. The number of aryl methyl sites for hydroxylation is 1. The molecule has 0 aliphatic carbocycles. The minimum atomic E-state index is 0.0175. The molecule has 0 spiro atoms. The topological polar surface area (TPSA) is 80.9 Å². The van der Waals surface area contributed by atoms with Crippen LogP contribution in [0.15, 0.2) is 29.0 Å². The summed E-state index contributed by atoms with van der Waals surface area (Å²) in [6.45, 7) is 0. The molecule has 1 N–H and O–H groups in total. The fraction of sp³-hybridized carbons (Fsp3) is 0.333. The van der Waals surface area contributed by atoms with Crippen molar-refractivity contribution >= 4 is 5.91 Å². The van der Waals surface area contributed by atoms with Crippen molar-refractivity contribution in [2.75, 3.05) is 7.05 Å². The van der Waals surface area contributed by atoms with Crippen LogP contribution in [0.3, 0.4) is 0 Å². The van der Waals surface area contributed by atoms with Gasteiger partial charge >= 0.3 is 0 Å². The van der Waals surface area contributed by atoms with E-state index in [0.29, 0.717) is 31.0 Å². The third-order valence-corrected chi connectivity index (χ3v) is 2.48. The summed E-state index contributed by atoms with van der Waals surface area (Å²) in [5.41, 5.74) is 0.867. The fourth-order valence-corrected chi connectivity index (χ4v) is 1.50. The Balaban J connectivity index is 1.93. The Morgan fingerprint density at radius 1 is 1.39 bits per heavy atom. The van der Waals surface area contributed by atoms with Crippen LogP contribution in [-0.2, 0) is 11.2 Å². The number of hydrogen-bond donors (Lipinski definition) is 1. The molecule has 0 aliphatic rings. The number of nitrogens with zero attached hydrogens (tertiary/aromatic N) is 3. The molecule has 0 bridgehead atoms. The molecule has 94 valence electrons. The van der Waals surface area contributed by atoms with Crippen LogP contribution in [0, 0.1) is 0 Å². The largest absolute Gasteiger partial charge is 0.359 e. The molecule has 0 fully saturated rings. The monoisotopic (exact) mass is 246 g/mol. The van der Waals surface area contributed by atoms with Crippen molar-refractivity contribution in [2.24, 2.45) is 0 Å². The standard InChI is InChI=1S/C12H14N4O2/c1-13-10(17)3-2-4-11-15-12(16-18-11)9-5-7-14-8-6-9/h5-8H,2-4H2,1H3,(H,13,17). The van der Waals surface area contributed by atoms with E-state index in [-0.39, 0.29) is 5.91 Å². The maximum absolute atomic E-state index is 11.0. The van der Waals surface area contributed by atoms with Gasteiger partial charge < -0.3 is 9.84 Å². The molecule has 6 nitrogen and oxygen atoms in total. The highest BCUT2D eigenvalue weighted by Gasteiger charge is 2.08. The first kappa shape index (κ1) is 12.2. The molecule has 0 saturated carbocycles. The lowest BCUT2D eigenvalue weighted by Gasteiger charge is -1.96. The van der Waals surface area contributed by atoms with Gasteiger partial charge in [-0.3, -0.25) is 9.78 Å². The predicted octanol–water partition coefficient (Wildman–Crippen LogP) is 1.20. The summed E-state index contributed by atoms with van der Waals surface area (Å²) in [5.74, 6) is 1.11. The Morgan fingerprint density at radius 3 is 2.89 bits per heavy atom. The second kappa shape index (κ2) is 5.90. The first-order chi connectivity index (χ1) is 8.79. The summed E-state index contributed by atoms with van der Waals surface area (Å²) in [4.78, 5) is 19.2. The molecule has 2 aromatic rings. The number of nitrogens with one attached hydrogen (secondary N) is 1. The number of aromatic nitrogens is 3. The number of amides is 1. The van der Waals surface area contributed by atoms with Crippen LogP contribution in [0.2, 0.25) is 0 Å². The zero-order valence-electron chi connectivity index (χ0n) is 10.1. The molecular weight excluding hydrogens is 232 g/mol. The van der Waals surface area contributed by atoms with Gasteiger partial charge in [0.15, 0.2) is 0 Å². The van der Waals surface area contributed by atoms with Gasteiger partial charge in [0.2, 0.25) is 17.6 Å². The van der Waals surface area contributed by atoms with Crippen molar-refractivity contribution in [3.8, 4) is 11.4 Å². The van der Waals surface area contributed by atoms with Gasteiger partial charge in [0.1, 0.15) is 0 Å². The Labute approximate surface area is 104 Å². The van der Waals surface area contributed by atoms with E-state index in [1.165, 1.54) is 0 Å². The maximum Gasteiger partial charge on any atom is 0.226 e. The van der Waals surface area contributed by atoms with E-state index < -0.39 is 0 Å². The van der Waals surface area contributed by atoms with Crippen LogP contribution < -0.4 is 5.32 Å². The van der Waals surface area contributed by atoms with Gasteiger partial charge in [0.05, 0.1) is 0 Å². The Morgan fingerprint density at radius 2 is 2.17 bits per heavy atom. The van der Waals surface area contributed by atoms with Crippen molar-refractivity contribution < 1.29 is 9.32 Å². The van der Waals surface area contributed by atoms with Crippen molar-refractivity contribution in [2.45, 2.75) is 19.3 Å². The van der Waals surface area contributed by atoms with Crippen LogP contribution in [0.5, 0.6) is 0 Å². The molecule has 2 rings (SSSR count). The molecule has 2 heterocycles. The Bertz CT molecular complexity index is 510. The predicted molar refractivity (Wildman–Crippen MR) is 64.5 cm³/mol. The number of carbonyl (C=O) groups is 1. The molecule has 0 radical (unpaired) electrons. The number of hydrogen-bond acceptors (Lipinski definition) is 5. The van der Waals surface area contributed by atoms with Gasteiger partial charge in [-0.2, -0.15) is 4.98 Å². The van der Waals surface area contributed by atoms with E-state index in [4.69, 9.17) is 4.52 Å². The third kappa shape index (κ3) is 3.13. The highest BCUT2D eigenvalue weighted by molar-refractivity contribution is 5.75. The highest BCUT2D eigenvalue weighted by Crippen LogP contribution is 2.14. The van der Waals surface area contributed by atoms with Gasteiger partial charge in [-0.1, -0.05) is 5.16 Å². The van der Waals surface area contributed by atoms with Crippen LogP contribution in [0.25, 0.3) is 11.4 Å². The molecule has 0 aliphatic heterocycles. The molecule has 18 heavy (non-hydrogen) atoms. The van der Waals surface area contributed by atoms with E-state index in [2.05, 4.69) is 20.4 Å². The normalized spacial score (nSPS) is 10.3. The van der Waals surface area contributed by atoms with Crippen LogP contribution in [0.4, 0.5) is 0 Å². The molecule has 0 aromatic carbocycles. The number of pyridine rings is 1. The summed E-state index contributed by atoms with van der Waals surface area (Å²) in [6, 6.07) is 3.64. The molecule has 0 saturated heterocycles. The van der Waals surface area contributed by atoms with Crippen LogP contribution in [-0.4, -0.2) is 28.1 Å². The van der Waals surface area contributed by atoms with E-state index in [1.807, 2.05) is 12.1 Å². The van der Waals surface area contributed by atoms with Crippen LogP contribution >= 0.6 is 0 Å². The van der Waals surface area contributed by atoms with E-state index in [1.54, 1.807) is 19.4 Å². The lowest BCUT2D eigenvalue weighted by Crippen LogP contribution is -2.17. The van der Waals surface area contributed by atoms with Crippen molar-refractivity contribution in [3.05, 3.63) is 30.4 Å². The summed E-state index contributed by atoms with van der Waals surface area (Å²) in [6.07, 6.45) is 5.11. The van der Waals surface area contributed by atoms with Gasteiger partial charge in [-0.05, 0) is 18.6 Å². The van der Waals surface area contributed by atoms with Gasteiger partial charge in [-0.15, -0.1) is 0 Å². The second-order valence-electron chi connectivity index (χ2n) is 3.77. The molecule has 2 aromatic heterocycles. The minimum Gasteiger partial charge on any atom is -0.359 e. The molecular formula is C12H14N4O2. The number of carbonyl (C=O) groups excluding carboxylic acids is 1. The molecule has 1 amide bonds. The van der Waals surface area contributed by atoms with Crippen LogP contribution in [0.1, 0.15) is 18.7 Å². The average Bonchev–Trinajstić information content (AvgIpc) is 2.88. The molecule has 0 atom stereocenters. The highest BCUT2D eigenvalue weighted by atomic mass is 16.5. The third-order valence-electron chi connectivity index (χ3n) is 2.48. The summed E-state index contributed by atoms with van der Waals surface area (Å²) < 4.78 is 5.12. The Kier molecular flexibility index (Phi) is 4.01. The molecule has 0 unspecified atom stereocenters. The molecule has 6 heteroatoms. The minimum absolute atomic E-state index is 0.0175. The first-order valence-electron chi connectivity index (χ1n) is 5.73. The SMILES string of the molecule is CNC(=O)CCCc1nc(-c2ccncc2)no1. The van der Waals surface area contributed by atoms with Gasteiger partial charge in [-0.25, -0.2) is 0 Å². The van der Waals surface area contributed by atoms with E-state index in [0.717, 1.165) is 5.56 Å². The first-order valence-corrected chi connectivity index (χ1v) is 5.73. The zero-order valence-corrected chi connectivity index (χ0v) is 10.1. The second-order valence-corrected chi connectivity index (χ2v) is 3.77. The maximum atomic E-state index is 11.0. The zero-order chi connectivity index (χ0) is 12.8.